The highest BCUT2D eigenvalue weighted by Crippen LogP contribution is 2.32. The van der Waals surface area contributed by atoms with E-state index in [9.17, 15) is 26.3 Å². The zero-order chi connectivity index (χ0) is 17.3. The monoisotopic (exact) mass is 337 g/mol. The molecule has 23 heavy (non-hydrogen) atoms. The van der Waals surface area contributed by atoms with Crippen LogP contribution in [0.4, 0.5) is 32.0 Å². The van der Waals surface area contributed by atoms with Crippen LogP contribution in [0.3, 0.4) is 0 Å². The average Bonchev–Trinajstić information content (AvgIpc) is 2.82. The van der Waals surface area contributed by atoms with E-state index >= 15 is 0 Å². The predicted molar refractivity (Wildman–Crippen MR) is 70.7 cm³/mol. The van der Waals surface area contributed by atoms with E-state index in [2.05, 4.69) is 5.32 Å². The molecule has 1 unspecified atom stereocenters. The van der Waals surface area contributed by atoms with Crippen molar-refractivity contribution in [2.24, 2.45) is 0 Å². The summed E-state index contributed by atoms with van der Waals surface area (Å²) < 4.78 is 74.8. The third-order valence-electron chi connectivity index (χ3n) is 3.50. The molecule has 3 nitrogen and oxygen atoms in total. The van der Waals surface area contributed by atoms with Crippen molar-refractivity contribution in [3.8, 4) is 6.07 Å². The zero-order valence-electron chi connectivity index (χ0n) is 11.8. The number of rotatable bonds is 3. The maximum absolute atomic E-state index is 12.6. The molecular formula is C14H13F6N3. The minimum Gasteiger partial charge on any atom is -0.380 e. The molecule has 1 aliphatic rings. The smallest absolute Gasteiger partial charge is 0.380 e. The Morgan fingerprint density at radius 1 is 1.22 bits per heavy atom. The summed E-state index contributed by atoms with van der Waals surface area (Å²) in [6.07, 6.45) is -8.43. The second kappa shape index (κ2) is 6.28. The van der Waals surface area contributed by atoms with Crippen LogP contribution in [-0.2, 0) is 6.18 Å². The third-order valence-corrected chi connectivity index (χ3v) is 3.50. The first-order valence-corrected chi connectivity index (χ1v) is 6.75. The molecule has 1 fully saturated rings. The van der Waals surface area contributed by atoms with Crippen LogP contribution in [0.25, 0.3) is 0 Å². The molecule has 0 aromatic heterocycles. The molecule has 0 saturated carbocycles. The quantitative estimate of drug-likeness (QED) is 0.856. The highest BCUT2D eigenvalue weighted by Gasteiger charge is 2.35. The van der Waals surface area contributed by atoms with E-state index in [1.807, 2.05) is 0 Å². The number of nitrogens with one attached hydrogen (secondary N) is 1. The van der Waals surface area contributed by atoms with Crippen LogP contribution >= 0.6 is 0 Å². The van der Waals surface area contributed by atoms with E-state index < -0.39 is 24.5 Å². The Labute approximate surface area is 128 Å². The molecule has 1 heterocycles. The normalized spacial score (nSPS) is 19.6. The van der Waals surface area contributed by atoms with Gasteiger partial charge in [-0.05, 0) is 24.6 Å². The van der Waals surface area contributed by atoms with E-state index in [4.69, 9.17) is 5.26 Å². The van der Waals surface area contributed by atoms with E-state index in [0.29, 0.717) is 6.42 Å². The van der Waals surface area contributed by atoms with Gasteiger partial charge in [0.05, 0.1) is 23.4 Å². The summed E-state index contributed by atoms with van der Waals surface area (Å²) >= 11 is 0. The largest absolute Gasteiger partial charge is 0.416 e. The van der Waals surface area contributed by atoms with Crippen molar-refractivity contribution in [3.05, 3.63) is 29.3 Å². The number of alkyl halides is 6. The van der Waals surface area contributed by atoms with Gasteiger partial charge in [0.25, 0.3) is 0 Å². The van der Waals surface area contributed by atoms with E-state index in [-0.39, 0.29) is 30.4 Å². The first-order chi connectivity index (χ1) is 10.6. The van der Waals surface area contributed by atoms with Gasteiger partial charge in [-0.1, -0.05) is 0 Å². The summed E-state index contributed by atoms with van der Waals surface area (Å²) in [5.74, 6) is 0. The lowest BCUT2D eigenvalue weighted by atomic mass is 10.1. The fourth-order valence-corrected chi connectivity index (χ4v) is 2.51. The fourth-order valence-electron chi connectivity index (χ4n) is 2.51. The summed E-state index contributed by atoms with van der Waals surface area (Å²) in [5.41, 5.74) is -0.932. The predicted octanol–water partition coefficient (Wildman–Crippen LogP) is 3.63. The Balaban J connectivity index is 2.06. The van der Waals surface area contributed by atoms with Gasteiger partial charge in [-0.15, -0.1) is 0 Å². The molecule has 1 aromatic carbocycles. The minimum atomic E-state index is -4.55. The van der Waals surface area contributed by atoms with Crippen molar-refractivity contribution in [3.63, 3.8) is 0 Å². The van der Waals surface area contributed by atoms with Gasteiger partial charge in [-0.2, -0.15) is 31.6 Å². The Morgan fingerprint density at radius 2 is 1.91 bits per heavy atom. The number of benzene rings is 1. The van der Waals surface area contributed by atoms with Crippen LogP contribution in [0.15, 0.2) is 18.2 Å². The van der Waals surface area contributed by atoms with Crippen molar-refractivity contribution in [2.45, 2.75) is 24.8 Å². The lowest BCUT2D eigenvalue weighted by Gasteiger charge is -2.19. The van der Waals surface area contributed by atoms with Crippen molar-refractivity contribution < 1.29 is 26.3 Å². The van der Waals surface area contributed by atoms with Crippen LogP contribution in [-0.4, -0.2) is 36.8 Å². The molecule has 1 aromatic rings. The summed E-state index contributed by atoms with van der Waals surface area (Å²) in [7, 11) is 0. The number of anilines is 1. The van der Waals surface area contributed by atoms with Crippen molar-refractivity contribution >= 4 is 5.69 Å². The topological polar surface area (TPSA) is 39.1 Å². The molecule has 0 bridgehead atoms. The molecule has 9 heteroatoms. The molecule has 1 N–H and O–H groups in total. The summed E-state index contributed by atoms with van der Waals surface area (Å²) in [4.78, 5) is 1.22. The molecule has 1 atom stereocenters. The molecule has 1 aliphatic heterocycles. The van der Waals surface area contributed by atoms with Crippen LogP contribution in [0, 0.1) is 11.3 Å². The second-order valence-electron chi connectivity index (χ2n) is 5.35. The molecule has 126 valence electrons. The first kappa shape index (κ1) is 17.4. The van der Waals surface area contributed by atoms with Gasteiger partial charge < -0.3 is 5.32 Å². The summed E-state index contributed by atoms with van der Waals surface area (Å²) in [5, 5.41) is 11.8. The van der Waals surface area contributed by atoms with E-state index in [1.54, 1.807) is 6.07 Å². The summed E-state index contributed by atoms with van der Waals surface area (Å²) in [6.45, 7) is -0.672. The first-order valence-electron chi connectivity index (χ1n) is 6.75. The van der Waals surface area contributed by atoms with Crippen LogP contribution in [0.1, 0.15) is 17.5 Å². The van der Waals surface area contributed by atoms with Crippen molar-refractivity contribution in [1.82, 2.24) is 4.90 Å². The number of halogens is 6. The molecule has 0 radical (unpaired) electrons. The Hall–Kier alpha value is -1.95. The number of hydrogen-bond acceptors (Lipinski definition) is 3. The molecule has 0 amide bonds. The lowest BCUT2D eigenvalue weighted by Crippen LogP contribution is -2.34. The SMILES string of the molecule is N#Cc1cc(C(F)(F)F)ccc1NC1CCN(CC(F)(F)F)C1. The van der Waals surface area contributed by atoms with Gasteiger partial charge in [0.15, 0.2) is 0 Å². The molecule has 0 spiro atoms. The number of likely N-dealkylation sites (tertiary alicyclic amines) is 1. The molecule has 0 aliphatic carbocycles. The van der Waals surface area contributed by atoms with Gasteiger partial charge in [0, 0.05) is 19.1 Å². The van der Waals surface area contributed by atoms with Crippen LogP contribution < -0.4 is 5.32 Å². The Kier molecular flexibility index (Phi) is 4.75. The highest BCUT2D eigenvalue weighted by molar-refractivity contribution is 5.59. The number of hydrogen-bond donors (Lipinski definition) is 1. The second-order valence-corrected chi connectivity index (χ2v) is 5.35. The third kappa shape index (κ3) is 4.76. The van der Waals surface area contributed by atoms with Crippen molar-refractivity contribution in [1.29, 1.82) is 5.26 Å². The molecule has 1 saturated heterocycles. The molecule has 2 rings (SSSR count). The van der Waals surface area contributed by atoms with Gasteiger partial charge in [0.1, 0.15) is 6.07 Å². The maximum Gasteiger partial charge on any atom is 0.416 e. The van der Waals surface area contributed by atoms with Gasteiger partial charge in [-0.25, -0.2) is 0 Å². The summed E-state index contributed by atoms with van der Waals surface area (Å²) in [6, 6.07) is 4.03. The van der Waals surface area contributed by atoms with E-state index in [1.165, 1.54) is 4.90 Å². The minimum absolute atomic E-state index is 0.116. The van der Waals surface area contributed by atoms with Gasteiger partial charge in [0.2, 0.25) is 0 Å². The van der Waals surface area contributed by atoms with Crippen LogP contribution in [0.5, 0.6) is 0 Å². The van der Waals surface area contributed by atoms with Crippen LogP contribution in [0.2, 0.25) is 0 Å². The van der Waals surface area contributed by atoms with Gasteiger partial charge >= 0.3 is 12.4 Å². The zero-order valence-corrected chi connectivity index (χ0v) is 11.8. The Morgan fingerprint density at radius 3 is 2.48 bits per heavy atom. The lowest BCUT2D eigenvalue weighted by molar-refractivity contribution is -0.143. The van der Waals surface area contributed by atoms with E-state index in [0.717, 1.165) is 18.2 Å². The van der Waals surface area contributed by atoms with Gasteiger partial charge in [-0.3, -0.25) is 4.90 Å². The Bertz CT molecular complexity index is 602. The molecular weight excluding hydrogens is 324 g/mol. The fraction of sp³-hybridized carbons (Fsp3) is 0.500. The van der Waals surface area contributed by atoms with Crippen molar-refractivity contribution in [2.75, 3.05) is 25.0 Å². The maximum atomic E-state index is 12.6. The highest BCUT2D eigenvalue weighted by atomic mass is 19.4. The standard InChI is InChI=1S/C14H13F6N3/c15-13(16,17)8-23-4-3-11(7-23)22-12-2-1-10(14(18,19)20)5-9(12)6-21/h1-2,5,11,22H,3-4,7-8H2. The average molecular weight is 337 g/mol. The number of nitrogens with zero attached hydrogens (tertiary/aromatic N) is 2. The number of nitriles is 1.